The summed E-state index contributed by atoms with van der Waals surface area (Å²) >= 11 is 26.7. The predicted octanol–water partition coefficient (Wildman–Crippen LogP) is 6.29. The number of amides is 1. The molecule has 2 heterocycles. The molecular formula is C17H16BrCl4N3O3. The molecule has 0 spiro atoms. The molecule has 0 atom stereocenters. The summed E-state index contributed by atoms with van der Waals surface area (Å²) in [4.78, 5) is 29.2. The fourth-order valence-corrected chi connectivity index (χ4v) is 3.68. The van der Waals surface area contributed by atoms with E-state index in [1.807, 2.05) is 5.32 Å². The van der Waals surface area contributed by atoms with E-state index in [2.05, 4.69) is 46.7 Å². The van der Waals surface area contributed by atoms with Crippen molar-refractivity contribution in [3.63, 3.8) is 0 Å². The van der Waals surface area contributed by atoms with E-state index >= 15 is 0 Å². The first-order chi connectivity index (χ1) is 12.8. The minimum atomic E-state index is -1.28. The Labute approximate surface area is 190 Å². The van der Waals surface area contributed by atoms with Gasteiger partial charge in [0.25, 0.3) is 0 Å². The van der Waals surface area contributed by atoms with Crippen molar-refractivity contribution >= 4 is 74.2 Å². The maximum absolute atomic E-state index is 11.4. The molecule has 1 amide bonds. The second-order valence-electron chi connectivity index (χ2n) is 6.40. The van der Waals surface area contributed by atoms with E-state index in [4.69, 9.17) is 51.5 Å². The highest BCUT2D eigenvalue weighted by Crippen LogP contribution is 2.37. The first-order valence-corrected chi connectivity index (χ1v) is 9.96. The van der Waals surface area contributed by atoms with Gasteiger partial charge in [-0.05, 0) is 33.0 Å². The molecule has 6 nitrogen and oxygen atoms in total. The summed E-state index contributed by atoms with van der Waals surface area (Å²) in [5, 5.41) is 11.8. The number of rotatable bonds is 3. The monoisotopic (exact) mass is 529 g/mol. The number of carboxylic acid groups (broad SMARTS) is 1. The Bertz CT molecular complexity index is 889. The summed E-state index contributed by atoms with van der Waals surface area (Å²) < 4.78 is 0.642. The Morgan fingerprint density at radius 2 is 1.71 bits per heavy atom. The van der Waals surface area contributed by atoms with Crippen LogP contribution in [0, 0.1) is 0 Å². The van der Waals surface area contributed by atoms with Crippen LogP contribution in [0.4, 0.5) is 4.79 Å². The van der Waals surface area contributed by atoms with Crippen LogP contribution < -0.4 is 5.32 Å². The minimum absolute atomic E-state index is 0.00480. The molecule has 0 saturated carbocycles. The number of ketones is 1. The predicted molar refractivity (Wildman–Crippen MR) is 115 cm³/mol. The highest BCUT2D eigenvalue weighted by molar-refractivity contribution is 9.10. The van der Waals surface area contributed by atoms with Gasteiger partial charge in [-0.3, -0.25) is 4.79 Å². The standard InChI is InChI=1S/C9H10BrCl2N.C8H6Cl2N2O3/c1-9(2,3)6-5(11)4-13-8(10)7(6)12;9-4-1-5(10)7(11-2-4)6(13)3-12-8(14)15/h4H,1-3H3;1-2,12H,3H2,(H,14,15). The zero-order chi connectivity index (χ0) is 21.6. The van der Waals surface area contributed by atoms with Crippen LogP contribution in [0.2, 0.25) is 20.1 Å². The lowest BCUT2D eigenvalue weighted by atomic mass is 9.88. The SMILES string of the molecule is CC(C)(C)c1c(Cl)cnc(Br)c1Cl.O=C(O)NCC(=O)c1ncc(Cl)cc1Cl. The number of nitrogens with one attached hydrogen (secondary N) is 1. The van der Waals surface area contributed by atoms with Gasteiger partial charge < -0.3 is 10.4 Å². The smallest absolute Gasteiger partial charge is 0.405 e. The van der Waals surface area contributed by atoms with Crippen molar-refractivity contribution in [2.75, 3.05) is 6.54 Å². The zero-order valence-corrected chi connectivity index (χ0v) is 19.6. The van der Waals surface area contributed by atoms with E-state index in [1.165, 1.54) is 12.3 Å². The normalized spacial score (nSPS) is 10.7. The third-order valence-corrected chi connectivity index (χ3v) is 5.13. The van der Waals surface area contributed by atoms with Gasteiger partial charge in [0.05, 0.1) is 26.6 Å². The molecule has 28 heavy (non-hydrogen) atoms. The van der Waals surface area contributed by atoms with Crippen LogP contribution in [0.1, 0.15) is 36.8 Å². The molecule has 0 saturated heterocycles. The molecule has 0 radical (unpaired) electrons. The van der Waals surface area contributed by atoms with Gasteiger partial charge in [0.15, 0.2) is 0 Å². The Kier molecular flexibility index (Phi) is 9.43. The molecule has 0 fully saturated rings. The number of carbonyl (C=O) groups is 2. The maximum Gasteiger partial charge on any atom is 0.405 e. The molecule has 0 aromatic carbocycles. The highest BCUT2D eigenvalue weighted by atomic mass is 79.9. The lowest BCUT2D eigenvalue weighted by Gasteiger charge is -2.22. The highest BCUT2D eigenvalue weighted by Gasteiger charge is 2.22. The van der Waals surface area contributed by atoms with Gasteiger partial charge in [-0.1, -0.05) is 67.2 Å². The first kappa shape index (κ1) is 24.9. The fourth-order valence-electron chi connectivity index (χ4n) is 1.99. The second kappa shape index (κ2) is 10.6. The van der Waals surface area contributed by atoms with E-state index < -0.39 is 11.9 Å². The topological polar surface area (TPSA) is 92.2 Å². The van der Waals surface area contributed by atoms with Crippen LogP contribution in [-0.4, -0.2) is 33.5 Å². The van der Waals surface area contributed by atoms with Crippen molar-refractivity contribution in [2.24, 2.45) is 0 Å². The summed E-state index contributed by atoms with van der Waals surface area (Å²) in [5.41, 5.74) is 0.854. The van der Waals surface area contributed by atoms with Gasteiger partial charge in [0, 0.05) is 12.4 Å². The van der Waals surface area contributed by atoms with E-state index in [-0.39, 0.29) is 22.7 Å². The van der Waals surface area contributed by atoms with Gasteiger partial charge in [-0.2, -0.15) is 0 Å². The van der Waals surface area contributed by atoms with Crippen LogP contribution in [0.5, 0.6) is 0 Å². The van der Waals surface area contributed by atoms with E-state index in [0.717, 1.165) is 5.56 Å². The number of halogens is 5. The van der Waals surface area contributed by atoms with Crippen LogP contribution in [-0.2, 0) is 5.41 Å². The van der Waals surface area contributed by atoms with Crippen molar-refractivity contribution in [3.8, 4) is 0 Å². The number of Topliss-reactive ketones (excluding diaryl/α,β-unsaturated/α-hetero) is 1. The number of hydrogen-bond donors (Lipinski definition) is 2. The molecule has 2 aromatic heterocycles. The second-order valence-corrected chi connectivity index (χ2v) is 8.78. The van der Waals surface area contributed by atoms with Crippen molar-refractivity contribution in [2.45, 2.75) is 26.2 Å². The first-order valence-electron chi connectivity index (χ1n) is 7.65. The van der Waals surface area contributed by atoms with E-state index in [0.29, 0.717) is 19.7 Å². The van der Waals surface area contributed by atoms with Crippen LogP contribution >= 0.6 is 62.3 Å². The summed E-state index contributed by atoms with van der Waals surface area (Å²) in [6.07, 6.45) is 1.59. The van der Waals surface area contributed by atoms with Crippen LogP contribution in [0.15, 0.2) is 23.1 Å². The zero-order valence-electron chi connectivity index (χ0n) is 15.0. The third-order valence-electron chi connectivity index (χ3n) is 3.15. The molecule has 152 valence electrons. The number of hydrogen-bond acceptors (Lipinski definition) is 4. The number of aromatic nitrogens is 2. The molecule has 2 aromatic rings. The average Bonchev–Trinajstić information content (AvgIpc) is 2.56. The lowest BCUT2D eigenvalue weighted by molar-refractivity contribution is 0.0982. The van der Waals surface area contributed by atoms with Gasteiger partial charge in [-0.15, -0.1) is 0 Å². The molecular weight excluding hydrogens is 516 g/mol. The van der Waals surface area contributed by atoms with Crippen molar-refractivity contribution in [3.05, 3.63) is 54.4 Å². The third kappa shape index (κ3) is 7.37. The summed E-state index contributed by atoms with van der Waals surface area (Å²) in [6.45, 7) is 5.81. The number of nitrogens with zero attached hydrogens (tertiary/aromatic N) is 2. The average molecular weight is 532 g/mol. The van der Waals surface area contributed by atoms with Crippen molar-refractivity contribution in [1.29, 1.82) is 0 Å². The lowest BCUT2D eigenvalue weighted by Crippen LogP contribution is -2.28. The molecule has 2 N–H and O–H groups in total. The Balaban J connectivity index is 0.000000283. The van der Waals surface area contributed by atoms with E-state index in [1.54, 1.807) is 6.20 Å². The van der Waals surface area contributed by atoms with Gasteiger partial charge in [0.1, 0.15) is 10.3 Å². The van der Waals surface area contributed by atoms with Crippen LogP contribution in [0.3, 0.4) is 0 Å². The van der Waals surface area contributed by atoms with Crippen LogP contribution in [0.25, 0.3) is 0 Å². The molecule has 2 rings (SSSR count). The molecule has 0 aliphatic heterocycles. The molecule has 0 aliphatic carbocycles. The van der Waals surface area contributed by atoms with Gasteiger partial charge in [-0.25, -0.2) is 14.8 Å². The van der Waals surface area contributed by atoms with Crippen molar-refractivity contribution in [1.82, 2.24) is 15.3 Å². The van der Waals surface area contributed by atoms with E-state index in [9.17, 15) is 9.59 Å². The number of carbonyl (C=O) groups excluding carboxylic acids is 1. The molecule has 0 aliphatic rings. The maximum atomic E-state index is 11.4. The molecule has 0 unspecified atom stereocenters. The van der Waals surface area contributed by atoms with Gasteiger partial charge in [0.2, 0.25) is 5.78 Å². The Hall–Kier alpha value is -1.12. The molecule has 11 heteroatoms. The van der Waals surface area contributed by atoms with Gasteiger partial charge >= 0.3 is 6.09 Å². The van der Waals surface area contributed by atoms with Crippen molar-refractivity contribution < 1.29 is 14.7 Å². The molecule has 0 bridgehead atoms. The Morgan fingerprint density at radius 1 is 1.11 bits per heavy atom. The summed E-state index contributed by atoms with van der Waals surface area (Å²) in [5.74, 6) is -0.515. The quantitative estimate of drug-likeness (QED) is 0.359. The minimum Gasteiger partial charge on any atom is -0.465 e. The summed E-state index contributed by atoms with van der Waals surface area (Å²) in [7, 11) is 0. The fraction of sp³-hybridized carbons (Fsp3) is 0.294. The summed E-state index contributed by atoms with van der Waals surface area (Å²) in [6, 6.07) is 1.37. The Morgan fingerprint density at radius 3 is 2.18 bits per heavy atom. The number of pyridine rings is 2. The largest absolute Gasteiger partial charge is 0.465 e.